The highest BCUT2D eigenvalue weighted by Crippen LogP contribution is 2.12. The first-order valence-corrected chi connectivity index (χ1v) is 6.30. The monoisotopic (exact) mass is 236 g/mol. The molecule has 1 aliphatic heterocycles. The highest BCUT2D eigenvalue weighted by atomic mass is 16.5. The summed E-state index contributed by atoms with van der Waals surface area (Å²) in [6, 6.07) is 2.50. The van der Waals surface area contributed by atoms with Gasteiger partial charge in [0.15, 0.2) is 0 Å². The van der Waals surface area contributed by atoms with Crippen LogP contribution in [0, 0.1) is 0 Å². The highest BCUT2D eigenvalue weighted by molar-refractivity contribution is 5.36. The number of anilines is 1. The zero-order valence-corrected chi connectivity index (χ0v) is 10.3. The van der Waals surface area contributed by atoms with Crippen molar-refractivity contribution < 1.29 is 4.74 Å². The Labute approximate surface area is 102 Å². The van der Waals surface area contributed by atoms with E-state index in [2.05, 4.69) is 20.6 Å². The van der Waals surface area contributed by atoms with Crippen LogP contribution in [0.3, 0.4) is 0 Å². The smallest absolute Gasteiger partial charge is 0.218 e. The molecule has 0 amide bonds. The second-order valence-electron chi connectivity index (χ2n) is 4.18. The van der Waals surface area contributed by atoms with Gasteiger partial charge in [-0.1, -0.05) is 0 Å². The molecule has 0 aromatic carbocycles. The largest absolute Gasteiger partial charge is 0.478 e. The fourth-order valence-electron chi connectivity index (χ4n) is 2.04. The molecular weight excluding hydrogens is 216 g/mol. The van der Waals surface area contributed by atoms with Crippen molar-refractivity contribution in [1.29, 1.82) is 0 Å². The maximum atomic E-state index is 5.32. The van der Waals surface area contributed by atoms with Crippen molar-refractivity contribution >= 4 is 5.82 Å². The molecule has 1 atom stereocenters. The van der Waals surface area contributed by atoms with Crippen molar-refractivity contribution in [2.45, 2.75) is 32.2 Å². The molecule has 1 aliphatic rings. The molecule has 94 valence electrons. The van der Waals surface area contributed by atoms with Gasteiger partial charge in [0.05, 0.1) is 6.61 Å². The van der Waals surface area contributed by atoms with Gasteiger partial charge in [-0.2, -0.15) is 0 Å². The first-order valence-electron chi connectivity index (χ1n) is 6.30. The molecule has 1 aromatic heterocycles. The van der Waals surface area contributed by atoms with Crippen LogP contribution < -0.4 is 15.4 Å². The number of ether oxygens (including phenoxy) is 1. The molecule has 1 fully saturated rings. The third kappa shape index (κ3) is 3.85. The van der Waals surface area contributed by atoms with Gasteiger partial charge in [0.2, 0.25) is 5.88 Å². The summed E-state index contributed by atoms with van der Waals surface area (Å²) in [6.07, 6.45) is 5.25. The van der Waals surface area contributed by atoms with Crippen molar-refractivity contribution in [3.63, 3.8) is 0 Å². The molecule has 5 nitrogen and oxygen atoms in total. The molecule has 1 saturated heterocycles. The van der Waals surface area contributed by atoms with Gasteiger partial charge in [0, 0.05) is 18.7 Å². The minimum atomic E-state index is 0.627. The van der Waals surface area contributed by atoms with E-state index >= 15 is 0 Å². The predicted octanol–water partition coefficient (Wildman–Crippen LogP) is 1.43. The highest BCUT2D eigenvalue weighted by Gasteiger charge is 2.12. The van der Waals surface area contributed by atoms with Crippen molar-refractivity contribution in [2.24, 2.45) is 0 Å². The van der Waals surface area contributed by atoms with E-state index in [0.717, 1.165) is 25.3 Å². The molecular formula is C12H20N4O. The van der Waals surface area contributed by atoms with Crippen molar-refractivity contribution in [3.05, 3.63) is 12.4 Å². The van der Waals surface area contributed by atoms with E-state index in [4.69, 9.17) is 4.74 Å². The van der Waals surface area contributed by atoms with Crippen molar-refractivity contribution in [2.75, 3.05) is 25.0 Å². The van der Waals surface area contributed by atoms with Crippen LogP contribution >= 0.6 is 0 Å². The van der Waals surface area contributed by atoms with E-state index in [-0.39, 0.29) is 0 Å². The average Bonchev–Trinajstić information content (AvgIpc) is 2.83. The number of nitrogens with one attached hydrogen (secondary N) is 2. The quantitative estimate of drug-likeness (QED) is 0.782. The molecule has 1 unspecified atom stereocenters. The van der Waals surface area contributed by atoms with Gasteiger partial charge < -0.3 is 15.4 Å². The fraction of sp³-hybridized carbons (Fsp3) is 0.667. The topological polar surface area (TPSA) is 59.1 Å². The van der Waals surface area contributed by atoms with Crippen LogP contribution in [0.25, 0.3) is 0 Å². The Hall–Kier alpha value is -1.36. The second-order valence-corrected chi connectivity index (χ2v) is 4.18. The summed E-state index contributed by atoms with van der Waals surface area (Å²) in [4.78, 5) is 8.19. The predicted molar refractivity (Wildman–Crippen MR) is 67.3 cm³/mol. The van der Waals surface area contributed by atoms with Gasteiger partial charge in [-0.05, 0) is 32.7 Å². The van der Waals surface area contributed by atoms with Gasteiger partial charge in [0.1, 0.15) is 12.1 Å². The summed E-state index contributed by atoms with van der Waals surface area (Å²) >= 11 is 0. The van der Waals surface area contributed by atoms with Crippen LogP contribution in [-0.4, -0.2) is 35.7 Å². The molecule has 5 heteroatoms. The number of aromatic nitrogens is 2. The minimum absolute atomic E-state index is 0.627. The van der Waals surface area contributed by atoms with E-state index in [0.29, 0.717) is 18.5 Å². The Morgan fingerprint density at radius 3 is 3.24 bits per heavy atom. The summed E-state index contributed by atoms with van der Waals surface area (Å²) in [5.41, 5.74) is 0. The summed E-state index contributed by atoms with van der Waals surface area (Å²) < 4.78 is 5.32. The Morgan fingerprint density at radius 2 is 2.47 bits per heavy atom. The summed E-state index contributed by atoms with van der Waals surface area (Å²) in [6.45, 7) is 4.66. The summed E-state index contributed by atoms with van der Waals surface area (Å²) in [5.74, 6) is 1.46. The lowest BCUT2D eigenvalue weighted by Crippen LogP contribution is -2.24. The lowest BCUT2D eigenvalue weighted by molar-refractivity contribution is 0.326. The zero-order valence-electron chi connectivity index (χ0n) is 10.3. The second kappa shape index (κ2) is 6.39. The maximum Gasteiger partial charge on any atom is 0.218 e. The van der Waals surface area contributed by atoms with E-state index in [1.807, 2.05) is 13.0 Å². The lowest BCUT2D eigenvalue weighted by Gasteiger charge is -2.11. The van der Waals surface area contributed by atoms with E-state index < -0.39 is 0 Å². The molecule has 2 heterocycles. The van der Waals surface area contributed by atoms with Gasteiger partial charge in [-0.15, -0.1) is 0 Å². The normalized spacial score (nSPS) is 19.2. The number of hydrogen-bond acceptors (Lipinski definition) is 5. The van der Waals surface area contributed by atoms with Crippen LogP contribution in [0.2, 0.25) is 0 Å². The number of hydrogen-bond donors (Lipinski definition) is 2. The van der Waals surface area contributed by atoms with Crippen LogP contribution in [0.4, 0.5) is 5.82 Å². The molecule has 0 bridgehead atoms. The van der Waals surface area contributed by atoms with Crippen LogP contribution in [0.5, 0.6) is 5.88 Å². The van der Waals surface area contributed by atoms with Crippen molar-refractivity contribution in [3.8, 4) is 5.88 Å². The third-order valence-corrected chi connectivity index (χ3v) is 2.90. The SMILES string of the molecule is CCOc1cc(NCCC2CCCN2)ncn1. The van der Waals surface area contributed by atoms with Gasteiger partial charge in [0.25, 0.3) is 0 Å². The molecule has 2 N–H and O–H groups in total. The molecule has 17 heavy (non-hydrogen) atoms. The molecule has 0 spiro atoms. The van der Waals surface area contributed by atoms with E-state index in [1.165, 1.54) is 19.2 Å². The Bertz CT molecular complexity index is 339. The summed E-state index contributed by atoms with van der Waals surface area (Å²) in [7, 11) is 0. The Kier molecular flexibility index (Phi) is 4.55. The molecule has 2 rings (SSSR count). The van der Waals surface area contributed by atoms with Crippen LogP contribution in [0.1, 0.15) is 26.2 Å². The lowest BCUT2D eigenvalue weighted by atomic mass is 10.1. The van der Waals surface area contributed by atoms with Gasteiger partial charge in [-0.3, -0.25) is 0 Å². The molecule has 0 radical (unpaired) electrons. The van der Waals surface area contributed by atoms with Gasteiger partial charge in [-0.25, -0.2) is 9.97 Å². The summed E-state index contributed by atoms with van der Waals surface area (Å²) in [5, 5.41) is 6.78. The average molecular weight is 236 g/mol. The molecule has 0 aliphatic carbocycles. The fourth-order valence-corrected chi connectivity index (χ4v) is 2.04. The van der Waals surface area contributed by atoms with Crippen LogP contribution in [0.15, 0.2) is 12.4 Å². The van der Waals surface area contributed by atoms with E-state index in [1.54, 1.807) is 0 Å². The molecule has 0 saturated carbocycles. The maximum absolute atomic E-state index is 5.32. The van der Waals surface area contributed by atoms with Gasteiger partial charge >= 0.3 is 0 Å². The number of nitrogens with zero attached hydrogens (tertiary/aromatic N) is 2. The zero-order chi connectivity index (χ0) is 11.9. The first kappa shape index (κ1) is 12.1. The first-order chi connectivity index (χ1) is 8.38. The standard InChI is InChI=1S/C12H20N4O/c1-2-17-12-8-11(15-9-16-12)14-7-5-10-4-3-6-13-10/h8-10,13H,2-7H2,1H3,(H,14,15,16). The van der Waals surface area contributed by atoms with Crippen LogP contribution in [-0.2, 0) is 0 Å². The molecule has 1 aromatic rings. The Morgan fingerprint density at radius 1 is 1.53 bits per heavy atom. The van der Waals surface area contributed by atoms with Crippen molar-refractivity contribution in [1.82, 2.24) is 15.3 Å². The van der Waals surface area contributed by atoms with E-state index in [9.17, 15) is 0 Å². The third-order valence-electron chi connectivity index (χ3n) is 2.90. The Balaban J connectivity index is 1.75. The number of rotatable bonds is 6. The minimum Gasteiger partial charge on any atom is -0.478 e.